The van der Waals surface area contributed by atoms with Crippen molar-refractivity contribution in [1.29, 1.82) is 0 Å². The van der Waals surface area contributed by atoms with Crippen LogP contribution in [0.5, 0.6) is 0 Å². The minimum atomic E-state index is -0.823. The quantitative estimate of drug-likeness (QED) is 0.254. The molecule has 2 aromatic rings. The standard InChI is InChI=1S/C23H19N3O5S2/c27-19(28)7-2-1-3-10-26-22(31)18(33-23(26)32)12-14-5-4-6-16(24-14)13-8-9-15-17(11-13)25-21(30)20(15)29/h4-6,8-9,11-12H,1-3,7,10H2,(H,27,28)(H,25,29,30). The van der Waals surface area contributed by atoms with Gasteiger partial charge in [0.2, 0.25) is 0 Å². The molecule has 1 saturated heterocycles. The van der Waals surface area contributed by atoms with Crippen molar-refractivity contribution in [3.8, 4) is 11.3 Å². The summed E-state index contributed by atoms with van der Waals surface area (Å²) in [5, 5.41) is 11.3. The van der Waals surface area contributed by atoms with Crippen LogP contribution in [0.15, 0.2) is 41.3 Å². The van der Waals surface area contributed by atoms with Crippen molar-refractivity contribution in [2.75, 3.05) is 11.9 Å². The lowest BCUT2D eigenvalue weighted by molar-refractivity contribution is -0.137. The highest BCUT2D eigenvalue weighted by molar-refractivity contribution is 8.26. The summed E-state index contributed by atoms with van der Waals surface area (Å²) in [5.41, 5.74) is 2.74. The highest BCUT2D eigenvalue weighted by Gasteiger charge is 2.31. The van der Waals surface area contributed by atoms with Gasteiger partial charge in [-0.2, -0.15) is 0 Å². The number of aromatic nitrogens is 1. The molecule has 2 aliphatic heterocycles. The van der Waals surface area contributed by atoms with Gasteiger partial charge >= 0.3 is 5.97 Å². The number of Topliss-reactive ketones (excluding diaryl/α,β-unsaturated/α-hetero) is 1. The number of nitrogens with zero attached hydrogens (tertiary/aromatic N) is 2. The summed E-state index contributed by atoms with van der Waals surface area (Å²) in [6.45, 7) is 0.453. The Morgan fingerprint density at radius 2 is 1.97 bits per heavy atom. The third-order valence-corrected chi connectivity index (χ3v) is 6.59. The van der Waals surface area contributed by atoms with Crippen LogP contribution < -0.4 is 5.32 Å². The number of aliphatic carboxylic acids is 1. The molecule has 1 aromatic carbocycles. The van der Waals surface area contributed by atoms with Gasteiger partial charge < -0.3 is 10.4 Å². The maximum Gasteiger partial charge on any atom is 0.303 e. The molecule has 0 spiro atoms. The van der Waals surface area contributed by atoms with Crippen LogP contribution in [0.4, 0.5) is 5.69 Å². The Bertz CT molecular complexity index is 1220. The number of fused-ring (bicyclic) bond motifs is 1. The van der Waals surface area contributed by atoms with E-state index in [9.17, 15) is 19.2 Å². The number of hydrogen-bond donors (Lipinski definition) is 2. The van der Waals surface area contributed by atoms with Crippen LogP contribution in [0.1, 0.15) is 41.7 Å². The van der Waals surface area contributed by atoms with Crippen LogP contribution >= 0.6 is 24.0 Å². The first-order chi connectivity index (χ1) is 15.8. The Morgan fingerprint density at radius 1 is 1.15 bits per heavy atom. The van der Waals surface area contributed by atoms with E-state index in [1.165, 1.54) is 16.7 Å². The van der Waals surface area contributed by atoms with E-state index in [0.29, 0.717) is 57.7 Å². The van der Waals surface area contributed by atoms with E-state index >= 15 is 0 Å². The average molecular weight is 482 g/mol. The third-order valence-electron chi connectivity index (χ3n) is 5.21. The number of anilines is 1. The molecule has 10 heteroatoms. The molecule has 168 valence electrons. The first kappa shape index (κ1) is 22.8. The van der Waals surface area contributed by atoms with E-state index in [1.807, 2.05) is 6.07 Å². The van der Waals surface area contributed by atoms with Crippen LogP contribution in [-0.4, -0.2) is 49.4 Å². The molecular weight excluding hydrogens is 462 g/mol. The zero-order valence-electron chi connectivity index (χ0n) is 17.4. The SMILES string of the molecule is O=C(O)CCCCCN1C(=O)C(=Cc2cccc(-c3ccc4c(c3)NC(=O)C4=O)n2)SC1=S. The number of carbonyl (C=O) groups excluding carboxylic acids is 3. The first-order valence-electron chi connectivity index (χ1n) is 10.3. The van der Waals surface area contributed by atoms with Crippen molar-refractivity contribution < 1.29 is 24.3 Å². The number of thioether (sulfide) groups is 1. The van der Waals surface area contributed by atoms with E-state index in [0.717, 1.165) is 5.56 Å². The molecule has 1 fully saturated rings. The highest BCUT2D eigenvalue weighted by Crippen LogP contribution is 2.33. The number of carbonyl (C=O) groups is 4. The molecule has 0 aliphatic carbocycles. The Kier molecular flexibility index (Phi) is 6.66. The Balaban J connectivity index is 1.46. The van der Waals surface area contributed by atoms with Gasteiger partial charge in [0.25, 0.3) is 17.6 Å². The third kappa shape index (κ3) is 5.01. The molecule has 0 atom stereocenters. The second-order valence-electron chi connectivity index (χ2n) is 7.53. The van der Waals surface area contributed by atoms with Crippen molar-refractivity contribution in [3.05, 3.63) is 52.6 Å². The lowest BCUT2D eigenvalue weighted by Gasteiger charge is -2.13. The summed E-state index contributed by atoms with van der Waals surface area (Å²) in [6.07, 6.45) is 3.76. The molecule has 8 nitrogen and oxygen atoms in total. The second-order valence-corrected chi connectivity index (χ2v) is 9.20. The number of ketones is 1. The van der Waals surface area contributed by atoms with Crippen LogP contribution in [0.25, 0.3) is 17.3 Å². The maximum atomic E-state index is 12.8. The number of unbranched alkanes of at least 4 members (excludes halogenated alkanes) is 2. The van der Waals surface area contributed by atoms with E-state index in [4.69, 9.17) is 17.3 Å². The Morgan fingerprint density at radius 3 is 2.76 bits per heavy atom. The van der Waals surface area contributed by atoms with Gasteiger partial charge in [-0.05, 0) is 43.2 Å². The molecule has 33 heavy (non-hydrogen) atoms. The number of carboxylic acid groups (broad SMARTS) is 1. The average Bonchev–Trinajstić information content (AvgIpc) is 3.22. The van der Waals surface area contributed by atoms with E-state index in [-0.39, 0.29) is 12.3 Å². The van der Waals surface area contributed by atoms with Gasteiger partial charge in [0, 0.05) is 18.5 Å². The second kappa shape index (κ2) is 9.63. The zero-order valence-corrected chi connectivity index (χ0v) is 19.0. The van der Waals surface area contributed by atoms with Crippen molar-refractivity contribution >= 4 is 63.6 Å². The monoisotopic (exact) mass is 481 g/mol. The highest BCUT2D eigenvalue weighted by atomic mass is 32.2. The number of rotatable bonds is 8. The van der Waals surface area contributed by atoms with E-state index in [1.54, 1.807) is 36.4 Å². The number of amides is 2. The zero-order chi connectivity index (χ0) is 23.5. The molecule has 2 aliphatic rings. The van der Waals surface area contributed by atoms with E-state index < -0.39 is 17.7 Å². The normalized spacial score (nSPS) is 16.5. The largest absolute Gasteiger partial charge is 0.481 e. The smallest absolute Gasteiger partial charge is 0.303 e. The summed E-state index contributed by atoms with van der Waals surface area (Å²) in [5.74, 6) is -2.21. The van der Waals surface area contributed by atoms with Crippen molar-refractivity contribution in [3.63, 3.8) is 0 Å². The number of nitrogens with one attached hydrogen (secondary N) is 1. The van der Waals surface area contributed by atoms with Gasteiger partial charge in [-0.15, -0.1) is 0 Å². The molecule has 3 heterocycles. The summed E-state index contributed by atoms with van der Waals surface area (Å²) < 4.78 is 0.472. The molecule has 4 rings (SSSR count). The maximum absolute atomic E-state index is 12.8. The summed E-state index contributed by atoms with van der Waals surface area (Å²) >= 11 is 6.56. The van der Waals surface area contributed by atoms with Crippen molar-refractivity contribution in [1.82, 2.24) is 9.88 Å². The minimum absolute atomic E-state index is 0.118. The van der Waals surface area contributed by atoms with Crippen LogP contribution in [0.2, 0.25) is 0 Å². The van der Waals surface area contributed by atoms with Crippen LogP contribution in [-0.2, 0) is 14.4 Å². The fraction of sp³-hybridized carbons (Fsp3) is 0.217. The van der Waals surface area contributed by atoms with Gasteiger partial charge in [0.1, 0.15) is 4.32 Å². The molecule has 0 radical (unpaired) electrons. The molecular formula is C23H19N3O5S2. The van der Waals surface area contributed by atoms with Crippen molar-refractivity contribution in [2.45, 2.75) is 25.7 Å². The van der Waals surface area contributed by atoms with Gasteiger partial charge in [0.15, 0.2) is 0 Å². The molecule has 2 N–H and O–H groups in total. The fourth-order valence-corrected chi connectivity index (χ4v) is 4.84. The number of pyridine rings is 1. The summed E-state index contributed by atoms with van der Waals surface area (Å²) in [6, 6.07) is 10.4. The van der Waals surface area contributed by atoms with Gasteiger partial charge in [-0.3, -0.25) is 24.1 Å². The molecule has 2 amide bonds. The minimum Gasteiger partial charge on any atom is -0.481 e. The lowest BCUT2D eigenvalue weighted by Crippen LogP contribution is -2.29. The van der Waals surface area contributed by atoms with Gasteiger partial charge in [-0.25, -0.2) is 4.98 Å². The van der Waals surface area contributed by atoms with Crippen molar-refractivity contribution in [2.24, 2.45) is 0 Å². The summed E-state index contributed by atoms with van der Waals surface area (Å²) in [7, 11) is 0. The van der Waals surface area contributed by atoms with E-state index in [2.05, 4.69) is 10.3 Å². The number of carboxylic acids is 1. The Hall–Kier alpha value is -3.37. The predicted molar refractivity (Wildman–Crippen MR) is 129 cm³/mol. The molecule has 0 unspecified atom stereocenters. The predicted octanol–water partition coefficient (Wildman–Crippen LogP) is 3.73. The van der Waals surface area contributed by atoms with Crippen LogP contribution in [0.3, 0.4) is 0 Å². The Labute approximate surface area is 199 Å². The summed E-state index contributed by atoms with van der Waals surface area (Å²) in [4.78, 5) is 53.4. The number of benzene rings is 1. The lowest BCUT2D eigenvalue weighted by atomic mass is 10.1. The van der Waals surface area contributed by atoms with Gasteiger partial charge in [0.05, 0.1) is 27.5 Å². The van der Waals surface area contributed by atoms with Crippen LogP contribution in [0, 0.1) is 0 Å². The first-order valence-corrected chi connectivity index (χ1v) is 11.5. The topological polar surface area (TPSA) is 117 Å². The molecule has 0 saturated carbocycles. The molecule has 1 aromatic heterocycles. The molecule has 0 bridgehead atoms. The number of thiocarbonyl (C=S) groups is 1. The number of hydrogen-bond acceptors (Lipinski definition) is 7. The van der Waals surface area contributed by atoms with Gasteiger partial charge in [-0.1, -0.05) is 42.5 Å². The fourth-order valence-electron chi connectivity index (χ4n) is 3.55.